The third-order valence-electron chi connectivity index (χ3n) is 3.23. The lowest BCUT2D eigenvalue weighted by Gasteiger charge is -2.50. The highest BCUT2D eigenvalue weighted by molar-refractivity contribution is 9.10. The Kier molecular flexibility index (Phi) is 2.92. The maximum absolute atomic E-state index is 12.2. The highest BCUT2D eigenvalue weighted by atomic mass is 79.9. The van der Waals surface area contributed by atoms with Crippen molar-refractivity contribution in [3.8, 4) is 0 Å². The van der Waals surface area contributed by atoms with Crippen LogP contribution >= 0.6 is 27.7 Å². The molecule has 106 valence electrons. The Labute approximate surface area is 125 Å². The average Bonchev–Trinajstić information content (AvgIpc) is 3.01. The van der Waals surface area contributed by atoms with Crippen molar-refractivity contribution in [2.24, 2.45) is 7.05 Å². The molecular weight excluding hydrogens is 352 g/mol. The van der Waals surface area contributed by atoms with Crippen molar-refractivity contribution in [3.05, 3.63) is 23.0 Å². The van der Waals surface area contributed by atoms with Crippen molar-refractivity contribution in [1.82, 2.24) is 19.9 Å². The topological polar surface area (TPSA) is 109 Å². The van der Waals surface area contributed by atoms with E-state index in [1.165, 1.54) is 28.0 Å². The SMILES string of the molecule is Cn1cc(C(O)C2(Br)C(=O)N3C(C(=O)O)=CS[C@@H]32)nn1. The molecule has 0 aliphatic carbocycles. The number of alkyl halides is 1. The summed E-state index contributed by atoms with van der Waals surface area (Å²) in [5.41, 5.74) is 0.174. The Balaban J connectivity index is 1.89. The summed E-state index contributed by atoms with van der Waals surface area (Å²) in [4.78, 5) is 24.4. The van der Waals surface area contributed by atoms with Gasteiger partial charge in [-0.05, 0) is 0 Å². The molecule has 0 saturated carbocycles. The molecule has 2 aliphatic rings. The fourth-order valence-corrected chi connectivity index (χ4v) is 4.40. The van der Waals surface area contributed by atoms with Gasteiger partial charge in [-0.1, -0.05) is 21.1 Å². The molecule has 2 N–H and O–H groups in total. The number of carboxylic acids is 1. The lowest BCUT2D eigenvalue weighted by molar-refractivity contribution is -0.153. The van der Waals surface area contributed by atoms with Crippen LogP contribution < -0.4 is 0 Å². The van der Waals surface area contributed by atoms with Gasteiger partial charge in [-0.2, -0.15) is 0 Å². The Morgan fingerprint density at radius 2 is 2.35 bits per heavy atom. The summed E-state index contributed by atoms with van der Waals surface area (Å²) in [6.07, 6.45) is 0.299. The summed E-state index contributed by atoms with van der Waals surface area (Å²) < 4.78 is 0.125. The maximum atomic E-state index is 12.2. The summed E-state index contributed by atoms with van der Waals surface area (Å²) in [7, 11) is 1.65. The van der Waals surface area contributed by atoms with E-state index in [2.05, 4.69) is 26.2 Å². The van der Waals surface area contributed by atoms with E-state index in [9.17, 15) is 14.7 Å². The third-order valence-corrected chi connectivity index (χ3v) is 5.94. The number of thioether (sulfide) groups is 1. The fourth-order valence-electron chi connectivity index (χ4n) is 2.21. The highest BCUT2D eigenvalue weighted by Gasteiger charge is 2.67. The van der Waals surface area contributed by atoms with Gasteiger partial charge in [-0.25, -0.2) is 4.79 Å². The number of aryl methyl sites for hydroxylation is 1. The molecule has 1 saturated heterocycles. The van der Waals surface area contributed by atoms with Crippen LogP contribution in [0.3, 0.4) is 0 Å². The van der Waals surface area contributed by atoms with Crippen molar-refractivity contribution in [1.29, 1.82) is 0 Å². The van der Waals surface area contributed by atoms with Gasteiger partial charge in [0.15, 0.2) is 4.32 Å². The molecule has 20 heavy (non-hydrogen) atoms. The molecule has 1 amide bonds. The lowest BCUT2D eigenvalue weighted by Crippen LogP contribution is -2.69. The number of amides is 1. The number of aromatic nitrogens is 3. The fraction of sp³-hybridized carbons (Fsp3) is 0.400. The van der Waals surface area contributed by atoms with E-state index in [0.717, 1.165) is 4.90 Å². The van der Waals surface area contributed by atoms with E-state index in [1.54, 1.807) is 7.05 Å². The van der Waals surface area contributed by atoms with Crippen LogP contribution in [0.1, 0.15) is 11.8 Å². The quantitative estimate of drug-likeness (QED) is 0.568. The number of hydrogen-bond acceptors (Lipinski definition) is 6. The Morgan fingerprint density at radius 3 is 2.90 bits per heavy atom. The molecule has 2 aliphatic heterocycles. The first-order chi connectivity index (χ1) is 9.37. The summed E-state index contributed by atoms with van der Waals surface area (Å²) in [6, 6.07) is 0. The molecule has 1 aromatic heterocycles. The van der Waals surface area contributed by atoms with Gasteiger partial charge in [0.25, 0.3) is 5.91 Å². The van der Waals surface area contributed by atoms with Crippen LogP contribution in [0, 0.1) is 0 Å². The van der Waals surface area contributed by atoms with E-state index in [1.807, 2.05) is 0 Å². The smallest absolute Gasteiger partial charge is 0.353 e. The molecule has 0 spiro atoms. The number of aliphatic carboxylic acids is 1. The van der Waals surface area contributed by atoms with Crippen LogP contribution in [-0.4, -0.2) is 51.7 Å². The molecule has 10 heteroatoms. The lowest BCUT2D eigenvalue weighted by atomic mass is 9.89. The van der Waals surface area contributed by atoms with Crippen molar-refractivity contribution in [3.63, 3.8) is 0 Å². The Hall–Kier alpha value is -1.39. The third kappa shape index (κ3) is 1.58. The number of aliphatic hydroxyl groups excluding tert-OH is 1. The molecule has 0 aromatic carbocycles. The highest BCUT2D eigenvalue weighted by Crippen LogP contribution is 2.56. The number of aliphatic hydroxyl groups is 1. The number of carbonyl (C=O) groups is 2. The first-order valence-electron chi connectivity index (χ1n) is 5.53. The van der Waals surface area contributed by atoms with Crippen LogP contribution in [0.5, 0.6) is 0 Å². The second-order valence-electron chi connectivity index (χ2n) is 4.46. The number of carbonyl (C=O) groups excluding carboxylic acids is 1. The van der Waals surface area contributed by atoms with Crippen LogP contribution in [0.4, 0.5) is 0 Å². The van der Waals surface area contributed by atoms with E-state index < -0.39 is 27.7 Å². The van der Waals surface area contributed by atoms with Crippen LogP contribution in [0.25, 0.3) is 0 Å². The summed E-state index contributed by atoms with van der Waals surface area (Å²) >= 11 is 4.43. The predicted molar refractivity (Wildman–Crippen MR) is 71.6 cm³/mol. The van der Waals surface area contributed by atoms with Gasteiger partial charge in [0, 0.05) is 12.5 Å². The zero-order valence-corrected chi connectivity index (χ0v) is 12.5. The first-order valence-corrected chi connectivity index (χ1v) is 7.26. The first kappa shape index (κ1) is 13.6. The van der Waals surface area contributed by atoms with Gasteiger partial charge in [0.1, 0.15) is 22.9 Å². The number of carboxylic acid groups (broad SMARTS) is 1. The summed E-state index contributed by atoms with van der Waals surface area (Å²) in [5, 5.41) is 27.7. The maximum Gasteiger partial charge on any atom is 0.353 e. The van der Waals surface area contributed by atoms with E-state index in [-0.39, 0.29) is 11.4 Å². The van der Waals surface area contributed by atoms with E-state index >= 15 is 0 Å². The standard InChI is InChI=1S/C10H9BrN4O4S/c1-14-2-4(12-13-14)6(16)10(11)8(19)15-5(7(17)18)3-20-9(10)15/h2-3,6,9,16H,1H3,(H,17,18)/t6?,9-,10?/m1/s1. The van der Waals surface area contributed by atoms with Crippen molar-refractivity contribution in [2.75, 3.05) is 0 Å². The van der Waals surface area contributed by atoms with Crippen LogP contribution in [0.15, 0.2) is 17.3 Å². The number of nitrogens with zero attached hydrogens (tertiary/aromatic N) is 4. The van der Waals surface area contributed by atoms with Gasteiger partial charge in [0.2, 0.25) is 0 Å². The van der Waals surface area contributed by atoms with Crippen molar-refractivity contribution >= 4 is 39.6 Å². The molecule has 1 fully saturated rings. The molecule has 3 atom stereocenters. The number of rotatable bonds is 3. The number of hydrogen-bond donors (Lipinski definition) is 2. The second-order valence-corrected chi connectivity index (χ2v) is 6.73. The molecule has 0 radical (unpaired) electrons. The van der Waals surface area contributed by atoms with Gasteiger partial charge >= 0.3 is 5.97 Å². The zero-order valence-electron chi connectivity index (χ0n) is 10.1. The second kappa shape index (κ2) is 4.30. The molecular formula is C10H9BrN4O4S. The minimum absolute atomic E-state index is 0.0774. The number of fused-ring (bicyclic) bond motifs is 1. The number of β-lactam (4-membered cyclic amide) rings is 1. The molecule has 2 unspecified atom stereocenters. The summed E-state index contributed by atoms with van der Waals surface area (Å²) in [6.45, 7) is 0. The van der Waals surface area contributed by atoms with Crippen LogP contribution in [-0.2, 0) is 16.6 Å². The van der Waals surface area contributed by atoms with E-state index in [0.29, 0.717) is 0 Å². The Bertz CT molecular complexity index is 647. The number of halogens is 1. The van der Waals surface area contributed by atoms with Gasteiger partial charge < -0.3 is 10.2 Å². The van der Waals surface area contributed by atoms with Crippen molar-refractivity contribution < 1.29 is 19.8 Å². The molecule has 0 bridgehead atoms. The molecule has 3 rings (SSSR count). The average molecular weight is 361 g/mol. The minimum Gasteiger partial charge on any atom is -0.477 e. The van der Waals surface area contributed by atoms with Gasteiger partial charge in [-0.15, -0.1) is 16.9 Å². The predicted octanol–water partition coefficient (Wildman–Crippen LogP) is -0.177. The Morgan fingerprint density at radius 1 is 1.65 bits per heavy atom. The van der Waals surface area contributed by atoms with E-state index in [4.69, 9.17) is 5.11 Å². The van der Waals surface area contributed by atoms with Crippen LogP contribution in [0.2, 0.25) is 0 Å². The minimum atomic E-state index is -1.29. The van der Waals surface area contributed by atoms with Gasteiger partial charge in [0.05, 0.1) is 6.20 Å². The molecule has 3 heterocycles. The largest absolute Gasteiger partial charge is 0.477 e. The summed E-state index contributed by atoms with van der Waals surface area (Å²) in [5.74, 6) is -1.67. The van der Waals surface area contributed by atoms with Gasteiger partial charge in [-0.3, -0.25) is 14.4 Å². The zero-order chi connectivity index (χ0) is 14.7. The molecule has 8 nitrogen and oxygen atoms in total. The monoisotopic (exact) mass is 360 g/mol. The van der Waals surface area contributed by atoms with Crippen molar-refractivity contribution in [2.45, 2.75) is 15.8 Å². The molecule has 1 aromatic rings. The normalized spacial score (nSPS) is 29.8.